The average Bonchev–Trinajstić information content (AvgIpc) is 2.42. The molecule has 1 aliphatic carbocycles. The number of nitrogens with zero attached hydrogens (tertiary/aromatic N) is 2. The molecule has 1 fully saturated rings. The number of anilines is 1. The molecule has 0 unspecified atom stereocenters. The van der Waals surface area contributed by atoms with E-state index >= 15 is 0 Å². The van der Waals surface area contributed by atoms with Crippen LogP contribution in [0.2, 0.25) is 0 Å². The zero-order valence-electron chi connectivity index (χ0n) is 11.9. The maximum Gasteiger partial charge on any atom is 0.145 e. The third-order valence-electron chi connectivity index (χ3n) is 4.39. The Morgan fingerprint density at radius 2 is 1.89 bits per heavy atom. The van der Waals surface area contributed by atoms with Crippen LogP contribution in [0.4, 0.5) is 10.1 Å². The van der Waals surface area contributed by atoms with E-state index in [0.717, 1.165) is 11.6 Å². The van der Waals surface area contributed by atoms with E-state index in [1.807, 2.05) is 19.2 Å². The van der Waals surface area contributed by atoms with Crippen molar-refractivity contribution in [2.45, 2.75) is 45.6 Å². The number of rotatable bonds is 2. The molecule has 1 aliphatic rings. The summed E-state index contributed by atoms with van der Waals surface area (Å²) < 4.78 is 14.0. The molecule has 1 aromatic rings. The fraction of sp³-hybridized carbons (Fsp3) is 0.562. The first-order chi connectivity index (χ1) is 9.04. The molecule has 19 heavy (non-hydrogen) atoms. The SMILES string of the molecule is Cc1c(N(C)C2CCC(C)CC2)ccc(C#N)c1F. The lowest BCUT2D eigenvalue weighted by atomic mass is 9.86. The van der Waals surface area contributed by atoms with Gasteiger partial charge in [-0.1, -0.05) is 6.92 Å². The highest BCUT2D eigenvalue weighted by Gasteiger charge is 2.23. The van der Waals surface area contributed by atoms with Gasteiger partial charge < -0.3 is 4.90 Å². The van der Waals surface area contributed by atoms with Crippen molar-refractivity contribution in [1.82, 2.24) is 0 Å². The third kappa shape index (κ3) is 2.73. The fourth-order valence-electron chi connectivity index (χ4n) is 2.97. The largest absolute Gasteiger partial charge is 0.371 e. The van der Waals surface area contributed by atoms with Crippen molar-refractivity contribution in [3.05, 3.63) is 29.1 Å². The van der Waals surface area contributed by atoms with E-state index in [1.54, 1.807) is 13.0 Å². The second-order valence-corrected chi connectivity index (χ2v) is 5.71. The van der Waals surface area contributed by atoms with E-state index in [9.17, 15) is 4.39 Å². The first-order valence-electron chi connectivity index (χ1n) is 6.96. The molecular formula is C16H21FN2. The van der Waals surface area contributed by atoms with Crippen molar-refractivity contribution in [2.75, 3.05) is 11.9 Å². The van der Waals surface area contributed by atoms with Gasteiger partial charge in [0.15, 0.2) is 0 Å². The van der Waals surface area contributed by atoms with Crippen molar-refractivity contribution < 1.29 is 4.39 Å². The van der Waals surface area contributed by atoms with Crippen LogP contribution in [0, 0.1) is 30.0 Å². The Morgan fingerprint density at radius 3 is 2.47 bits per heavy atom. The van der Waals surface area contributed by atoms with E-state index in [4.69, 9.17) is 5.26 Å². The lowest BCUT2D eigenvalue weighted by Crippen LogP contribution is -2.35. The highest BCUT2D eigenvalue weighted by molar-refractivity contribution is 5.57. The van der Waals surface area contributed by atoms with Gasteiger partial charge in [-0.15, -0.1) is 0 Å². The Hall–Kier alpha value is -1.56. The van der Waals surface area contributed by atoms with E-state index in [0.29, 0.717) is 11.6 Å². The Labute approximate surface area is 114 Å². The van der Waals surface area contributed by atoms with Gasteiger partial charge in [-0.3, -0.25) is 0 Å². The first kappa shape index (κ1) is 13.9. The minimum atomic E-state index is -0.379. The van der Waals surface area contributed by atoms with E-state index < -0.39 is 0 Å². The molecular weight excluding hydrogens is 239 g/mol. The van der Waals surface area contributed by atoms with E-state index in [1.165, 1.54) is 25.7 Å². The van der Waals surface area contributed by atoms with Gasteiger partial charge in [0.25, 0.3) is 0 Å². The summed E-state index contributed by atoms with van der Waals surface area (Å²) in [6, 6.07) is 5.84. The average molecular weight is 260 g/mol. The topological polar surface area (TPSA) is 27.0 Å². The lowest BCUT2D eigenvalue weighted by Gasteiger charge is -2.36. The molecule has 0 N–H and O–H groups in total. The molecule has 0 aliphatic heterocycles. The Bertz CT molecular complexity index is 496. The van der Waals surface area contributed by atoms with Gasteiger partial charge >= 0.3 is 0 Å². The molecule has 0 aromatic heterocycles. The molecule has 0 amide bonds. The molecule has 0 atom stereocenters. The summed E-state index contributed by atoms with van der Waals surface area (Å²) in [4.78, 5) is 2.19. The van der Waals surface area contributed by atoms with Crippen LogP contribution in [0.1, 0.15) is 43.7 Å². The van der Waals surface area contributed by atoms with Gasteiger partial charge in [0.1, 0.15) is 11.9 Å². The van der Waals surface area contributed by atoms with Gasteiger partial charge in [0, 0.05) is 24.3 Å². The van der Waals surface area contributed by atoms with Gasteiger partial charge in [-0.05, 0) is 50.7 Å². The summed E-state index contributed by atoms with van der Waals surface area (Å²) in [6.45, 7) is 4.05. The highest BCUT2D eigenvalue weighted by atomic mass is 19.1. The summed E-state index contributed by atoms with van der Waals surface area (Å²) in [5.74, 6) is 0.430. The Balaban J connectivity index is 2.22. The minimum absolute atomic E-state index is 0.131. The maximum atomic E-state index is 14.0. The number of benzene rings is 1. The van der Waals surface area contributed by atoms with E-state index in [-0.39, 0.29) is 11.4 Å². The zero-order chi connectivity index (χ0) is 14.0. The summed E-state index contributed by atoms with van der Waals surface area (Å²) in [5.41, 5.74) is 1.63. The Kier molecular flexibility index (Phi) is 4.09. The quantitative estimate of drug-likeness (QED) is 0.803. The van der Waals surface area contributed by atoms with Crippen molar-refractivity contribution in [2.24, 2.45) is 5.92 Å². The number of nitriles is 1. The predicted octanol–water partition coefficient (Wildman–Crippen LogP) is 4.02. The molecule has 102 valence electrons. The van der Waals surface area contributed by atoms with Crippen molar-refractivity contribution >= 4 is 5.69 Å². The molecule has 1 saturated carbocycles. The normalized spacial score (nSPS) is 22.9. The Morgan fingerprint density at radius 1 is 1.26 bits per heavy atom. The van der Waals surface area contributed by atoms with E-state index in [2.05, 4.69) is 11.8 Å². The minimum Gasteiger partial charge on any atom is -0.371 e. The van der Waals surface area contributed by atoms with Crippen LogP contribution in [-0.2, 0) is 0 Å². The maximum absolute atomic E-state index is 14.0. The molecule has 0 heterocycles. The number of halogens is 1. The number of hydrogen-bond donors (Lipinski definition) is 0. The van der Waals surface area contributed by atoms with Crippen LogP contribution in [-0.4, -0.2) is 13.1 Å². The van der Waals surface area contributed by atoms with Gasteiger partial charge in [-0.25, -0.2) is 4.39 Å². The third-order valence-corrected chi connectivity index (χ3v) is 4.39. The molecule has 0 spiro atoms. The van der Waals surface area contributed by atoms with Gasteiger partial charge in [0.2, 0.25) is 0 Å². The van der Waals surface area contributed by atoms with Crippen LogP contribution >= 0.6 is 0 Å². The van der Waals surface area contributed by atoms with Crippen molar-refractivity contribution in [3.8, 4) is 6.07 Å². The van der Waals surface area contributed by atoms with Crippen LogP contribution in [0.3, 0.4) is 0 Å². The van der Waals surface area contributed by atoms with Gasteiger partial charge in [-0.2, -0.15) is 5.26 Å². The fourth-order valence-corrected chi connectivity index (χ4v) is 2.97. The van der Waals surface area contributed by atoms with Crippen molar-refractivity contribution in [3.63, 3.8) is 0 Å². The van der Waals surface area contributed by atoms with Crippen LogP contribution < -0.4 is 4.90 Å². The first-order valence-corrected chi connectivity index (χ1v) is 6.96. The van der Waals surface area contributed by atoms with Gasteiger partial charge in [0.05, 0.1) is 5.56 Å². The zero-order valence-corrected chi connectivity index (χ0v) is 11.9. The second kappa shape index (κ2) is 5.61. The number of hydrogen-bond acceptors (Lipinski definition) is 2. The highest BCUT2D eigenvalue weighted by Crippen LogP contribution is 2.32. The molecule has 0 saturated heterocycles. The molecule has 0 radical (unpaired) electrons. The molecule has 1 aromatic carbocycles. The van der Waals surface area contributed by atoms with Crippen LogP contribution in [0.25, 0.3) is 0 Å². The van der Waals surface area contributed by atoms with Crippen LogP contribution in [0.15, 0.2) is 12.1 Å². The lowest BCUT2D eigenvalue weighted by molar-refractivity contribution is 0.340. The second-order valence-electron chi connectivity index (χ2n) is 5.71. The standard InChI is InChI=1S/C16H21FN2/c1-11-4-7-14(8-5-11)19(3)15-9-6-13(10-18)16(17)12(15)2/h6,9,11,14H,4-5,7-8H2,1-3H3. The molecule has 0 bridgehead atoms. The summed E-state index contributed by atoms with van der Waals surface area (Å²) in [7, 11) is 2.04. The predicted molar refractivity (Wildman–Crippen MR) is 75.7 cm³/mol. The van der Waals surface area contributed by atoms with Crippen LogP contribution in [0.5, 0.6) is 0 Å². The summed E-state index contributed by atoms with van der Waals surface area (Å²) >= 11 is 0. The monoisotopic (exact) mass is 260 g/mol. The smallest absolute Gasteiger partial charge is 0.145 e. The van der Waals surface area contributed by atoms with Crippen molar-refractivity contribution in [1.29, 1.82) is 5.26 Å². The molecule has 2 rings (SSSR count). The molecule has 2 nitrogen and oxygen atoms in total. The summed E-state index contributed by atoms with van der Waals surface area (Å²) in [5, 5.41) is 8.85. The molecule has 3 heteroatoms. The summed E-state index contributed by atoms with van der Waals surface area (Å²) in [6.07, 6.45) is 4.82.